The van der Waals surface area contributed by atoms with E-state index in [0.29, 0.717) is 32.6 Å². The van der Waals surface area contributed by atoms with Crippen molar-refractivity contribution in [2.24, 2.45) is 5.92 Å². The Balaban J connectivity index is 1.49. The van der Waals surface area contributed by atoms with Crippen molar-refractivity contribution in [1.29, 1.82) is 0 Å². The van der Waals surface area contributed by atoms with Crippen LogP contribution in [-0.4, -0.2) is 67.5 Å². The van der Waals surface area contributed by atoms with Crippen molar-refractivity contribution >= 4 is 11.8 Å². The standard InChI is InChI=1S/C19H26N8O2/c1-2-15-12-25(9-8-17(28)26(15)11-14-6-4-3-5-7-14)19(29)16-10-20-22-18(16)27-13-21-23-24-27/h3-7,13,15-16,18,20,22H,2,8-12H2,1H3. The zero-order valence-corrected chi connectivity index (χ0v) is 16.4. The fourth-order valence-corrected chi connectivity index (χ4v) is 4.06. The average Bonchev–Trinajstić information content (AvgIpc) is 3.41. The highest BCUT2D eigenvalue weighted by Gasteiger charge is 2.39. The molecule has 1 aromatic carbocycles. The molecule has 2 saturated heterocycles. The maximum Gasteiger partial charge on any atom is 0.230 e. The quantitative estimate of drug-likeness (QED) is 0.726. The molecule has 2 aliphatic heterocycles. The molecule has 2 aliphatic rings. The summed E-state index contributed by atoms with van der Waals surface area (Å²) < 4.78 is 1.55. The Kier molecular flexibility index (Phi) is 5.81. The summed E-state index contributed by atoms with van der Waals surface area (Å²) in [7, 11) is 0. The zero-order chi connectivity index (χ0) is 20.2. The van der Waals surface area contributed by atoms with Crippen molar-refractivity contribution in [2.75, 3.05) is 19.6 Å². The Morgan fingerprint density at radius 2 is 2.10 bits per heavy atom. The Labute approximate surface area is 169 Å². The van der Waals surface area contributed by atoms with Gasteiger partial charge in [-0.05, 0) is 22.4 Å². The Morgan fingerprint density at radius 1 is 1.28 bits per heavy atom. The van der Waals surface area contributed by atoms with Gasteiger partial charge in [0.05, 0.1) is 5.92 Å². The number of aromatic nitrogens is 4. The maximum atomic E-state index is 13.3. The summed E-state index contributed by atoms with van der Waals surface area (Å²) in [6, 6.07) is 9.97. The SMILES string of the molecule is CCC1CN(C(=O)C2CNNC2n2cnnn2)CCC(=O)N1Cc1ccccc1. The first-order chi connectivity index (χ1) is 14.2. The number of tetrazole rings is 1. The van der Waals surface area contributed by atoms with E-state index in [-0.39, 0.29) is 29.9 Å². The fourth-order valence-electron chi connectivity index (χ4n) is 4.06. The molecule has 0 radical (unpaired) electrons. The van der Waals surface area contributed by atoms with Crippen molar-refractivity contribution in [3.63, 3.8) is 0 Å². The topological polar surface area (TPSA) is 108 Å². The molecule has 2 N–H and O–H groups in total. The smallest absolute Gasteiger partial charge is 0.230 e. The second-order valence-corrected chi connectivity index (χ2v) is 7.47. The normalized spacial score (nSPS) is 25.3. The second kappa shape index (κ2) is 8.66. The van der Waals surface area contributed by atoms with E-state index in [1.807, 2.05) is 40.1 Å². The molecule has 29 heavy (non-hydrogen) atoms. The van der Waals surface area contributed by atoms with E-state index in [4.69, 9.17) is 0 Å². The predicted molar refractivity (Wildman–Crippen MR) is 104 cm³/mol. The van der Waals surface area contributed by atoms with Crippen molar-refractivity contribution < 1.29 is 9.59 Å². The first-order valence-corrected chi connectivity index (χ1v) is 10.0. The van der Waals surface area contributed by atoms with Crippen LogP contribution < -0.4 is 10.9 Å². The number of hydrazine groups is 1. The van der Waals surface area contributed by atoms with Crippen LogP contribution in [-0.2, 0) is 16.1 Å². The Hall–Kier alpha value is -2.85. The van der Waals surface area contributed by atoms with Gasteiger partial charge in [0, 0.05) is 38.6 Å². The first-order valence-electron chi connectivity index (χ1n) is 10.0. The molecular weight excluding hydrogens is 372 g/mol. The molecule has 0 spiro atoms. The molecule has 3 atom stereocenters. The van der Waals surface area contributed by atoms with Crippen LogP contribution in [0, 0.1) is 5.92 Å². The predicted octanol–water partition coefficient (Wildman–Crippen LogP) is -0.0646. The number of benzene rings is 1. The summed E-state index contributed by atoms with van der Waals surface area (Å²) in [6.07, 6.45) is 2.27. The number of hydrogen-bond acceptors (Lipinski definition) is 7. The molecule has 10 nitrogen and oxygen atoms in total. The number of carbonyl (C=O) groups excluding carboxylic acids is 2. The van der Waals surface area contributed by atoms with Gasteiger partial charge in [-0.2, -0.15) is 0 Å². The third-order valence-corrected chi connectivity index (χ3v) is 5.69. The number of carbonyl (C=O) groups is 2. The Morgan fingerprint density at radius 3 is 2.83 bits per heavy atom. The molecular formula is C19H26N8O2. The number of nitrogens with zero attached hydrogens (tertiary/aromatic N) is 6. The zero-order valence-electron chi connectivity index (χ0n) is 16.4. The van der Waals surface area contributed by atoms with Gasteiger partial charge in [0.25, 0.3) is 0 Å². The number of rotatable bonds is 5. The van der Waals surface area contributed by atoms with E-state index in [9.17, 15) is 9.59 Å². The highest BCUT2D eigenvalue weighted by Crippen LogP contribution is 2.23. The molecule has 1 aromatic heterocycles. The molecule has 10 heteroatoms. The number of hydrogen-bond donors (Lipinski definition) is 2. The largest absolute Gasteiger partial charge is 0.340 e. The van der Waals surface area contributed by atoms with Crippen LogP contribution in [0.2, 0.25) is 0 Å². The highest BCUT2D eigenvalue weighted by molar-refractivity contribution is 5.82. The van der Waals surface area contributed by atoms with Gasteiger partial charge in [0.15, 0.2) is 0 Å². The van der Waals surface area contributed by atoms with E-state index >= 15 is 0 Å². The van der Waals surface area contributed by atoms with Gasteiger partial charge in [0.1, 0.15) is 12.5 Å². The molecule has 0 bridgehead atoms. The van der Waals surface area contributed by atoms with E-state index < -0.39 is 0 Å². The van der Waals surface area contributed by atoms with Gasteiger partial charge in [-0.1, -0.05) is 37.3 Å². The lowest BCUT2D eigenvalue weighted by Gasteiger charge is -2.32. The summed E-state index contributed by atoms with van der Waals surface area (Å²) in [4.78, 5) is 29.9. The van der Waals surface area contributed by atoms with Crippen LogP contribution in [0.4, 0.5) is 0 Å². The summed E-state index contributed by atoms with van der Waals surface area (Å²) in [5.74, 6) is -0.238. The molecule has 2 fully saturated rings. The number of nitrogens with one attached hydrogen (secondary N) is 2. The lowest BCUT2D eigenvalue weighted by atomic mass is 10.1. The highest BCUT2D eigenvalue weighted by atomic mass is 16.2. The number of amides is 2. The lowest BCUT2D eigenvalue weighted by molar-refractivity contribution is -0.136. The monoisotopic (exact) mass is 398 g/mol. The van der Waals surface area contributed by atoms with E-state index in [1.54, 1.807) is 4.68 Å². The molecule has 0 saturated carbocycles. The molecule has 0 aliphatic carbocycles. The molecule has 3 unspecified atom stereocenters. The van der Waals surface area contributed by atoms with Crippen LogP contribution in [0.15, 0.2) is 36.7 Å². The van der Waals surface area contributed by atoms with Crippen molar-refractivity contribution in [2.45, 2.75) is 38.5 Å². The van der Waals surface area contributed by atoms with Gasteiger partial charge < -0.3 is 9.80 Å². The minimum atomic E-state index is -0.350. The van der Waals surface area contributed by atoms with Crippen molar-refractivity contribution in [3.05, 3.63) is 42.2 Å². The molecule has 3 heterocycles. The summed E-state index contributed by atoms with van der Waals surface area (Å²) in [5.41, 5.74) is 7.20. The summed E-state index contributed by atoms with van der Waals surface area (Å²) >= 11 is 0. The molecule has 2 aromatic rings. The molecule has 2 amide bonds. The van der Waals surface area contributed by atoms with E-state index in [2.05, 4.69) is 33.3 Å². The average molecular weight is 398 g/mol. The van der Waals surface area contributed by atoms with Crippen LogP contribution >= 0.6 is 0 Å². The Bertz CT molecular complexity index is 828. The summed E-state index contributed by atoms with van der Waals surface area (Å²) in [6.45, 7) is 4.08. The minimum Gasteiger partial charge on any atom is -0.340 e. The van der Waals surface area contributed by atoms with Gasteiger partial charge in [-0.3, -0.25) is 15.0 Å². The van der Waals surface area contributed by atoms with Crippen LogP contribution in [0.25, 0.3) is 0 Å². The second-order valence-electron chi connectivity index (χ2n) is 7.47. The van der Waals surface area contributed by atoms with Crippen LogP contribution in [0.5, 0.6) is 0 Å². The van der Waals surface area contributed by atoms with Crippen molar-refractivity contribution in [1.82, 2.24) is 40.9 Å². The molecule has 154 valence electrons. The van der Waals surface area contributed by atoms with Crippen molar-refractivity contribution in [3.8, 4) is 0 Å². The first kappa shape index (κ1) is 19.5. The minimum absolute atomic E-state index is 0.0100. The van der Waals surface area contributed by atoms with Gasteiger partial charge in [-0.25, -0.2) is 10.1 Å². The summed E-state index contributed by atoms with van der Waals surface area (Å²) in [5, 5.41) is 11.2. The maximum absolute atomic E-state index is 13.3. The fraction of sp³-hybridized carbons (Fsp3) is 0.526. The van der Waals surface area contributed by atoms with Gasteiger partial charge in [0.2, 0.25) is 11.8 Å². The third-order valence-electron chi connectivity index (χ3n) is 5.69. The van der Waals surface area contributed by atoms with E-state index in [1.165, 1.54) is 6.33 Å². The van der Waals surface area contributed by atoms with Crippen LogP contribution in [0.1, 0.15) is 31.5 Å². The lowest BCUT2D eigenvalue weighted by Crippen LogP contribution is -2.46. The van der Waals surface area contributed by atoms with E-state index in [0.717, 1.165) is 12.0 Å². The van der Waals surface area contributed by atoms with Crippen LogP contribution in [0.3, 0.4) is 0 Å². The molecule has 4 rings (SSSR count). The van der Waals surface area contributed by atoms with Gasteiger partial charge in [-0.15, -0.1) is 5.10 Å². The third kappa shape index (κ3) is 4.13. The van der Waals surface area contributed by atoms with Gasteiger partial charge >= 0.3 is 0 Å².